The summed E-state index contributed by atoms with van der Waals surface area (Å²) in [6.07, 6.45) is 0.853. The standard InChI is InChI=1S/C28H35NO6/c1-7-12-35-20-10-8-9-19(15-20)25-24(27(31)28(32)29(25)11-13-33-5)26(30)22-16-21(17(2)3)23(34-6)14-18(22)4/h8-10,14-17,25,30H,7,11-13H2,1-6H3/b26-24+. The number of Topliss-reactive ketones (excluding diaryl/α,β-unsaturated/α-hetero) is 1. The molecule has 35 heavy (non-hydrogen) atoms. The van der Waals surface area contributed by atoms with Crippen LogP contribution in [0, 0.1) is 6.92 Å². The summed E-state index contributed by atoms with van der Waals surface area (Å²) in [6.45, 7) is 8.94. The van der Waals surface area contributed by atoms with E-state index in [-0.39, 0.29) is 30.4 Å². The van der Waals surface area contributed by atoms with Crippen LogP contribution in [0.3, 0.4) is 0 Å². The van der Waals surface area contributed by atoms with Crippen LogP contribution < -0.4 is 9.47 Å². The molecule has 0 aromatic heterocycles. The number of rotatable bonds is 10. The van der Waals surface area contributed by atoms with Crippen molar-refractivity contribution in [3.63, 3.8) is 0 Å². The number of aliphatic hydroxyl groups is 1. The number of carbonyl (C=O) groups is 2. The molecule has 0 bridgehead atoms. The number of aliphatic hydroxyl groups excluding tert-OH is 1. The van der Waals surface area contributed by atoms with Crippen LogP contribution in [0.2, 0.25) is 0 Å². The van der Waals surface area contributed by atoms with Gasteiger partial charge in [0.15, 0.2) is 0 Å². The molecule has 1 heterocycles. The summed E-state index contributed by atoms with van der Waals surface area (Å²) in [5.41, 5.74) is 2.89. The molecule has 7 heteroatoms. The minimum atomic E-state index is -0.765. The van der Waals surface area contributed by atoms with Crippen LogP contribution >= 0.6 is 0 Å². The maximum absolute atomic E-state index is 13.3. The smallest absolute Gasteiger partial charge is 0.295 e. The van der Waals surface area contributed by atoms with Crippen molar-refractivity contribution in [1.29, 1.82) is 0 Å². The minimum absolute atomic E-state index is 0.0571. The van der Waals surface area contributed by atoms with Gasteiger partial charge in [0.1, 0.15) is 17.3 Å². The average Bonchev–Trinajstić information content (AvgIpc) is 3.10. The van der Waals surface area contributed by atoms with E-state index in [0.29, 0.717) is 29.2 Å². The van der Waals surface area contributed by atoms with Crippen LogP contribution in [0.5, 0.6) is 11.5 Å². The number of methoxy groups -OCH3 is 2. The zero-order chi connectivity index (χ0) is 25.7. The number of amides is 1. The van der Waals surface area contributed by atoms with Gasteiger partial charge in [-0.2, -0.15) is 0 Å². The van der Waals surface area contributed by atoms with Gasteiger partial charge in [-0.3, -0.25) is 9.59 Å². The van der Waals surface area contributed by atoms with Gasteiger partial charge in [0, 0.05) is 19.2 Å². The number of likely N-dealkylation sites (tertiary alicyclic amines) is 1. The van der Waals surface area contributed by atoms with E-state index < -0.39 is 17.7 Å². The van der Waals surface area contributed by atoms with Crippen molar-refractivity contribution >= 4 is 17.4 Å². The quantitative estimate of drug-likeness (QED) is 0.293. The van der Waals surface area contributed by atoms with Crippen molar-refractivity contribution in [2.75, 3.05) is 34.0 Å². The topological polar surface area (TPSA) is 85.3 Å². The number of benzene rings is 2. The van der Waals surface area contributed by atoms with Crippen molar-refractivity contribution in [2.24, 2.45) is 0 Å². The second kappa shape index (κ2) is 11.4. The van der Waals surface area contributed by atoms with Crippen molar-refractivity contribution < 1.29 is 28.9 Å². The zero-order valence-electron chi connectivity index (χ0n) is 21.4. The number of nitrogens with zero attached hydrogens (tertiary/aromatic N) is 1. The van der Waals surface area contributed by atoms with Crippen molar-refractivity contribution in [2.45, 2.75) is 46.1 Å². The molecule has 3 rings (SSSR count). The number of carbonyl (C=O) groups excluding carboxylic acids is 2. The Morgan fingerprint density at radius 3 is 2.49 bits per heavy atom. The molecule has 7 nitrogen and oxygen atoms in total. The molecule has 1 aliphatic rings. The van der Waals surface area contributed by atoms with Gasteiger partial charge in [-0.15, -0.1) is 0 Å². The largest absolute Gasteiger partial charge is 0.507 e. The zero-order valence-corrected chi connectivity index (χ0v) is 21.4. The lowest BCUT2D eigenvalue weighted by atomic mass is 9.91. The Morgan fingerprint density at radius 2 is 1.86 bits per heavy atom. The lowest BCUT2D eigenvalue weighted by Gasteiger charge is -2.25. The summed E-state index contributed by atoms with van der Waals surface area (Å²) in [4.78, 5) is 27.8. The molecule has 2 aromatic rings. The van der Waals surface area contributed by atoms with E-state index in [1.807, 2.05) is 64.1 Å². The van der Waals surface area contributed by atoms with Gasteiger partial charge in [0.05, 0.1) is 31.9 Å². The summed E-state index contributed by atoms with van der Waals surface area (Å²) >= 11 is 0. The average molecular weight is 482 g/mol. The Kier molecular flexibility index (Phi) is 8.57. The van der Waals surface area contributed by atoms with Crippen LogP contribution in [0.25, 0.3) is 5.76 Å². The maximum Gasteiger partial charge on any atom is 0.295 e. The first kappa shape index (κ1) is 26.3. The molecule has 1 amide bonds. The molecule has 1 aliphatic heterocycles. The van der Waals surface area contributed by atoms with Crippen LogP contribution in [0.1, 0.15) is 61.4 Å². The van der Waals surface area contributed by atoms with Gasteiger partial charge in [0.25, 0.3) is 11.7 Å². The first-order chi connectivity index (χ1) is 16.7. The molecule has 1 saturated heterocycles. The number of aryl methyl sites for hydroxylation is 1. The molecule has 1 unspecified atom stereocenters. The van der Waals surface area contributed by atoms with E-state index in [1.165, 1.54) is 4.90 Å². The predicted octanol–water partition coefficient (Wildman–Crippen LogP) is 4.98. The van der Waals surface area contributed by atoms with Crippen LogP contribution in [-0.4, -0.2) is 55.7 Å². The highest BCUT2D eigenvalue weighted by atomic mass is 16.5. The fraction of sp³-hybridized carbons (Fsp3) is 0.429. The highest BCUT2D eigenvalue weighted by Gasteiger charge is 2.46. The van der Waals surface area contributed by atoms with E-state index in [0.717, 1.165) is 17.5 Å². The summed E-state index contributed by atoms with van der Waals surface area (Å²) in [6, 6.07) is 10.2. The fourth-order valence-corrected chi connectivity index (χ4v) is 4.37. The molecular weight excluding hydrogens is 446 g/mol. The molecule has 2 aromatic carbocycles. The van der Waals surface area contributed by atoms with Crippen molar-refractivity contribution in [1.82, 2.24) is 4.90 Å². The fourth-order valence-electron chi connectivity index (χ4n) is 4.37. The molecule has 1 fully saturated rings. The van der Waals surface area contributed by atoms with E-state index >= 15 is 0 Å². The second-order valence-electron chi connectivity index (χ2n) is 8.97. The van der Waals surface area contributed by atoms with Gasteiger partial charge in [0.2, 0.25) is 0 Å². The van der Waals surface area contributed by atoms with E-state index in [1.54, 1.807) is 14.2 Å². The van der Waals surface area contributed by atoms with Gasteiger partial charge in [-0.05, 0) is 60.2 Å². The molecule has 0 spiro atoms. The lowest BCUT2D eigenvalue weighted by molar-refractivity contribution is -0.140. The van der Waals surface area contributed by atoms with Gasteiger partial charge < -0.3 is 24.2 Å². The van der Waals surface area contributed by atoms with Gasteiger partial charge >= 0.3 is 0 Å². The number of hydrogen-bond donors (Lipinski definition) is 1. The Hall–Kier alpha value is -3.32. The first-order valence-corrected chi connectivity index (χ1v) is 11.9. The highest BCUT2D eigenvalue weighted by molar-refractivity contribution is 6.46. The second-order valence-corrected chi connectivity index (χ2v) is 8.97. The van der Waals surface area contributed by atoms with E-state index in [9.17, 15) is 14.7 Å². The Morgan fingerprint density at radius 1 is 1.11 bits per heavy atom. The van der Waals surface area contributed by atoms with Crippen LogP contribution in [-0.2, 0) is 14.3 Å². The summed E-state index contributed by atoms with van der Waals surface area (Å²) in [7, 11) is 3.15. The van der Waals surface area contributed by atoms with E-state index in [2.05, 4.69) is 0 Å². The number of ketones is 1. The van der Waals surface area contributed by atoms with Crippen LogP contribution in [0.15, 0.2) is 42.0 Å². The Bertz CT molecular complexity index is 1120. The Balaban J connectivity index is 2.22. The third kappa shape index (κ3) is 5.35. The monoisotopic (exact) mass is 481 g/mol. The first-order valence-electron chi connectivity index (χ1n) is 11.9. The highest BCUT2D eigenvalue weighted by Crippen LogP contribution is 2.41. The predicted molar refractivity (Wildman–Crippen MR) is 135 cm³/mol. The van der Waals surface area contributed by atoms with Gasteiger partial charge in [-0.25, -0.2) is 0 Å². The minimum Gasteiger partial charge on any atom is -0.507 e. The Labute approximate surface area is 207 Å². The number of ether oxygens (including phenoxy) is 3. The lowest BCUT2D eigenvalue weighted by Crippen LogP contribution is -2.32. The molecule has 0 radical (unpaired) electrons. The molecular formula is C28H35NO6. The van der Waals surface area contributed by atoms with Gasteiger partial charge in [-0.1, -0.05) is 32.9 Å². The molecule has 1 atom stereocenters. The third-order valence-electron chi connectivity index (χ3n) is 6.18. The van der Waals surface area contributed by atoms with Crippen LogP contribution in [0.4, 0.5) is 0 Å². The third-order valence-corrected chi connectivity index (χ3v) is 6.18. The molecule has 1 N–H and O–H groups in total. The normalized spacial score (nSPS) is 17.3. The summed E-state index contributed by atoms with van der Waals surface area (Å²) in [5.74, 6) is -0.0931. The summed E-state index contributed by atoms with van der Waals surface area (Å²) < 4.78 is 16.5. The molecule has 188 valence electrons. The van der Waals surface area contributed by atoms with Crippen molar-refractivity contribution in [3.8, 4) is 11.5 Å². The molecule has 0 aliphatic carbocycles. The number of hydrogen-bond acceptors (Lipinski definition) is 6. The maximum atomic E-state index is 13.3. The van der Waals surface area contributed by atoms with Crippen molar-refractivity contribution in [3.05, 3.63) is 64.2 Å². The molecule has 0 saturated carbocycles. The SMILES string of the molecule is CCCOc1cccc(C2/C(=C(\O)c3cc(C(C)C)c(OC)cc3C)C(=O)C(=O)N2CCOC)c1. The van der Waals surface area contributed by atoms with E-state index in [4.69, 9.17) is 14.2 Å². The summed E-state index contributed by atoms with van der Waals surface area (Å²) in [5, 5.41) is 11.5.